The Morgan fingerprint density at radius 3 is 2.50 bits per heavy atom. The second-order valence-electron chi connectivity index (χ2n) is 8.49. The van der Waals surface area contributed by atoms with Gasteiger partial charge >= 0.3 is 5.97 Å². The third kappa shape index (κ3) is 5.17. The second kappa shape index (κ2) is 11.2. The number of aryl methyl sites for hydroxylation is 1. The van der Waals surface area contributed by atoms with Crippen LogP contribution in [0.4, 0.5) is 0 Å². The number of rotatable bonds is 7. The van der Waals surface area contributed by atoms with Crippen molar-refractivity contribution in [2.75, 3.05) is 12.9 Å². The molecule has 0 spiro atoms. The molecule has 186 valence electrons. The lowest BCUT2D eigenvalue weighted by atomic mass is 9.82. The zero-order valence-corrected chi connectivity index (χ0v) is 21.9. The third-order valence-electron chi connectivity index (χ3n) is 5.92. The summed E-state index contributed by atoms with van der Waals surface area (Å²) < 4.78 is 16.9. The first-order valence-corrected chi connectivity index (χ1v) is 12.3. The molecule has 1 aromatic carbocycles. The molecule has 9 heteroatoms. The second-order valence-corrected chi connectivity index (χ2v) is 9.45. The van der Waals surface area contributed by atoms with Crippen molar-refractivity contribution < 1.29 is 19.0 Å². The number of esters is 1. The van der Waals surface area contributed by atoms with Gasteiger partial charge in [-0.1, -0.05) is 30.0 Å². The van der Waals surface area contributed by atoms with Crippen LogP contribution in [-0.4, -0.2) is 29.9 Å². The minimum Gasteiger partial charge on any atom is -0.496 e. The van der Waals surface area contributed by atoms with Crippen molar-refractivity contribution in [2.45, 2.75) is 51.7 Å². The van der Waals surface area contributed by atoms with Crippen molar-refractivity contribution in [3.63, 3.8) is 0 Å². The molecular formula is C27H28N4O4S. The maximum absolute atomic E-state index is 13.4. The zero-order chi connectivity index (χ0) is 26.6. The quantitative estimate of drug-likeness (QED) is 0.421. The fourth-order valence-electron chi connectivity index (χ4n) is 3.92. The Kier molecular flexibility index (Phi) is 8.29. The van der Waals surface area contributed by atoms with Crippen LogP contribution >= 0.6 is 11.8 Å². The summed E-state index contributed by atoms with van der Waals surface area (Å²) in [7, 11) is 1.51. The number of nitriles is 2. The number of pyridine rings is 1. The van der Waals surface area contributed by atoms with Crippen LogP contribution in [0.3, 0.4) is 0 Å². The van der Waals surface area contributed by atoms with Gasteiger partial charge in [-0.15, -0.1) is 0 Å². The number of thioether (sulfide) groups is 1. The number of para-hydroxylation sites is 1. The zero-order valence-electron chi connectivity index (χ0n) is 21.1. The van der Waals surface area contributed by atoms with Crippen LogP contribution in [0.5, 0.6) is 5.75 Å². The highest BCUT2D eigenvalue weighted by Crippen LogP contribution is 2.44. The molecule has 36 heavy (non-hydrogen) atoms. The molecule has 0 radical (unpaired) electrons. The standard InChI is InChI=1S/C27H28N4O4S/c1-14(2)34-27(32)24-22(13-36-26-19(11-28)16(4)15(3)17(5)31-26)35-25(30)20(12-29)23(24)18-9-7-8-10-21(18)33-6/h7-10,14,23H,13,30H2,1-6H3/t23-/m1/s1. The van der Waals surface area contributed by atoms with Gasteiger partial charge in [0.2, 0.25) is 5.88 Å². The molecule has 0 unspecified atom stereocenters. The number of hydrogen-bond donors (Lipinski definition) is 1. The number of ether oxygens (including phenoxy) is 3. The molecule has 0 aliphatic carbocycles. The number of methoxy groups -OCH3 is 1. The first kappa shape index (κ1) is 26.7. The molecule has 1 aromatic heterocycles. The lowest BCUT2D eigenvalue weighted by Crippen LogP contribution is -2.28. The van der Waals surface area contributed by atoms with E-state index in [1.807, 2.05) is 20.8 Å². The number of benzene rings is 1. The summed E-state index contributed by atoms with van der Waals surface area (Å²) in [6.45, 7) is 9.17. The van der Waals surface area contributed by atoms with E-state index < -0.39 is 18.0 Å². The van der Waals surface area contributed by atoms with Crippen molar-refractivity contribution in [1.82, 2.24) is 4.98 Å². The molecule has 0 bridgehead atoms. The molecule has 1 atom stereocenters. The summed E-state index contributed by atoms with van der Waals surface area (Å²) in [6, 6.07) is 11.4. The first-order chi connectivity index (χ1) is 17.1. The van der Waals surface area contributed by atoms with Gasteiger partial charge in [-0.05, 0) is 51.8 Å². The van der Waals surface area contributed by atoms with Gasteiger partial charge in [0.15, 0.2) is 0 Å². The summed E-state index contributed by atoms with van der Waals surface area (Å²) >= 11 is 1.26. The van der Waals surface area contributed by atoms with E-state index in [9.17, 15) is 15.3 Å². The van der Waals surface area contributed by atoms with E-state index >= 15 is 0 Å². The molecule has 1 aliphatic heterocycles. The molecule has 2 aromatic rings. The Morgan fingerprint density at radius 1 is 1.19 bits per heavy atom. The molecular weight excluding hydrogens is 476 g/mol. The number of hydrogen-bond acceptors (Lipinski definition) is 9. The lowest BCUT2D eigenvalue weighted by molar-refractivity contribution is -0.143. The van der Waals surface area contributed by atoms with Gasteiger partial charge in [0, 0.05) is 11.3 Å². The van der Waals surface area contributed by atoms with Crippen molar-refractivity contribution in [2.24, 2.45) is 5.73 Å². The number of nitrogens with zero attached hydrogens (tertiary/aromatic N) is 3. The fourth-order valence-corrected chi connectivity index (χ4v) is 4.95. The van der Waals surface area contributed by atoms with Crippen LogP contribution in [-0.2, 0) is 14.3 Å². The molecule has 0 saturated heterocycles. The van der Waals surface area contributed by atoms with Gasteiger partial charge in [0.05, 0.1) is 36.0 Å². The van der Waals surface area contributed by atoms with Gasteiger partial charge in [0.1, 0.15) is 34.2 Å². The van der Waals surface area contributed by atoms with Crippen LogP contribution in [0.1, 0.15) is 47.7 Å². The number of carbonyl (C=O) groups excluding carboxylic acids is 1. The van der Waals surface area contributed by atoms with Crippen LogP contribution < -0.4 is 10.5 Å². The molecule has 3 rings (SSSR count). The van der Waals surface area contributed by atoms with Gasteiger partial charge < -0.3 is 19.9 Å². The number of nitrogens with two attached hydrogens (primary N) is 1. The van der Waals surface area contributed by atoms with Gasteiger partial charge in [-0.2, -0.15) is 10.5 Å². The fraction of sp³-hybridized carbons (Fsp3) is 0.333. The average Bonchev–Trinajstić information content (AvgIpc) is 2.85. The summed E-state index contributed by atoms with van der Waals surface area (Å²) in [5.41, 5.74) is 10.1. The Labute approximate surface area is 215 Å². The van der Waals surface area contributed by atoms with Crippen LogP contribution in [0.25, 0.3) is 0 Å². The Balaban J connectivity index is 2.18. The first-order valence-electron chi connectivity index (χ1n) is 11.3. The number of carbonyl (C=O) groups is 1. The Morgan fingerprint density at radius 2 is 1.89 bits per heavy atom. The highest BCUT2D eigenvalue weighted by atomic mass is 32.2. The molecule has 0 saturated carbocycles. The smallest absolute Gasteiger partial charge is 0.338 e. The maximum Gasteiger partial charge on any atom is 0.338 e. The predicted molar refractivity (Wildman–Crippen MR) is 136 cm³/mol. The maximum atomic E-state index is 13.4. The van der Waals surface area contributed by atoms with Crippen LogP contribution in [0.2, 0.25) is 0 Å². The van der Waals surface area contributed by atoms with Gasteiger partial charge in [-0.3, -0.25) is 0 Å². The highest BCUT2D eigenvalue weighted by molar-refractivity contribution is 7.99. The summed E-state index contributed by atoms with van der Waals surface area (Å²) in [5, 5.41) is 20.2. The number of aromatic nitrogens is 1. The molecule has 2 heterocycles. The Bertz CT molecular complexity index is 1350. The largest absolute Gasteiger partial charge is 0.496 e. The van der Waals surface area contributed by atoms with E-state index in [4.69, 9.17) is 19.9 Å². The van der Waals surface area contributed by atoms with E-state index in [0.717, 1.165) is 16.8 Å². The van der Waals surface area contributed by atoms with Gasteiger partial charge in [0.25, 0.3) is 0 Å². The summed E-state index contributed by atoms with van der Waals surface area (Å²) in [5.74, 6) is -0.718. The molecule has 0 fully saturated rings. The molecule has 8 nitrogen and oxygen atoms in total. The topological polar surface area (TPSA) is 131 Å². The van der Waals surface area contributed by atoms with Gasteiger partial charge in [-0.25, -0.2) is 9.78 Å². The van der Waals surface area contributed by atoms with E-state index in [1.165, 1.54) is 18.9 Å². The van der Waals surface area contributed by atoms with E-state index in [0.29, 0.717) is 21.9 Å². The monoisotopic (exact) mass is 504 g/mol. The van der Waals surface area contributed by atoms with Crippen molar-refractivity contribution >= 4 is 17.7 Å². The minimum atomic E-state index is -0.855. The molecule has 2 N–H and O–H groups in total. The van der Waals surface area contributed by atoms with Crippen LogP contribution in [0, 0.1) is 43.4 Å². The van der Waals surface area contributed by atoms with Crippen molar-refractivity contribution in [3.8, 4) is 17.9 Å². The summed E-state index contributed by atoms with van der Waals surface area (Å²) in [6.07, 6.45) is -0.403. The lowest BCUT2D eigenvalue weighted by Gasteiger charge is -2.29. The van der Waals surface area contributed by atoms with E-state index in [1.54, 1.807) is 38.1 Å². The van der Waals surface area contributed by atoms with Crippen LogP contribution in [0.15, 0.2) is 52.1 Å². The summed E-state index contributed by atoms with van der Waals surface area (Å²) in [4.78, 5) is 18.0. The highest BCUT2D eigenvalue weighted by Gasteiger charge is 2.39. The predicted octanol–water partition coefficient (Wildman–Crippen LogP) is 4.69. The number of allylic oxidation sites excluding steroid dienone is 1. The SMILES string of the molecule is COc1ccccc1[C@@H]1C(C#N)=C(N)OC(CSc2nc(C)c(C)c(C)c2C#N)=C1C(=O)OC(C)C. The van der Waals surface area contributed by atoms with E-state index in [-0.39, 0.29) is 28.5 Å². The van der Waals surface area contributed by atoms with E-state index in [2.05, 4.69) is 17.1 Å². The Hall–Kier alpha value is -3.95. The van der Waals surface area contributed by atoms with Crippen molar-refractivity contribution in [1.29, 1.82) is 10.5 Å². The molecule has 0 amide bonds. The third-order valence-corrected chi connectivity index (χ3v) is 6.90. The minimum absolute atomic E-state index is 0.0850. The molecule has 1 aliphatic rings. The average molecular weight is 505 g/mol. The van der Waals surface area contributed by atoms with Crippen molar-refractivity contribution in [3.05, 3.63) is 75.0 Å². The normalized spacial score (nSPS) is 15.3.